The van der Waals surface area contributed by atoms with Gasteiger partial charge in [0, 0.05) is 12.3 Å². The van der Waals surface area contributed by atoms with Gasteiger partial charge >= 0.3 is 5.69 Å². The summed E-state index contributed by atoms with van der Waals surface area (Å²) in [6.07, 6.45) is -2.16. The zero-order valence-electron chi connectivity index (χ0n) is 10.7. The number of aliphatic hydroxyl groups is 2. The van der Waals surface area contributed by atoms with Gasteiger partial charge in [-0.05, 0) is 6.92 Å². The minimum absolute atomic E-state index is 0.472. The van der Waals surface area contributed by atoms with Crippen LogP contribution in [0.15, 0.2) is 21.9 Å². The van der Waals surface area contributed by atoms with E-state index in [0.717, 1.165) is 10.6 Å². The van der Waals surface area contributed by atoms with E-state index in [-0.39, 0.29) is 0 Å². The number of nitrogens with two attached hydrogens (primary N) is 1. The highest BCUT2D eigenvalue weighted by atomic mass is 16.5. The van der Waals surface area contributed by atoms with E-state index in [1.165, 1.54) is 13.1 Å². The highest BCUT2D eigenvalue weighted by Crippen LogP contribution is 2.35. The Labute approximate surface area is 113 Å². The Bertz CT molecular complexity index is 670. The molecule has 0 bridgehead atoms. The van der Waals surface area contributed by atoms with Crippen molar-refractivity contribution < 1.29 is 14.9 Å². The average molecular weight is 281 g/mol. The molecule has 1 saturated heterocycles. The third kappa shape index (κ3) is 2.17. The molecule has 108 valence electrons. The van der Waals surface area contributed by atoms with Crippen molar-refractivity contribution in [1.29, 1.82) is 0 Å². The lowest BCUT2D eigenvalue weighted by molar-refractivity contribution is -0.0477. The molecule has 1 aliphatic heterocycles. The number of ether oxygens (including phenoxy) is 1. The fourth-order valence-corrected chi connectivity index (χ4v) is 2.21. The first-order chi connectivity index (χ1) is 9.43. The fourth-order valence-electron chi connectivity index (χ4n) is 2.21. The molecule has 0 radical (unpaired) electrons. The number of nitrogens with zero attached hydrogens (tertiary/aromatic N) is 1. The molecule has 20 heavy (non-hydrogen) atoms. The van der Waals surface area contributed by atoms with E-state index in [1.807, 2.05) is 0 Å². The van der Waals surface area contributed by atoms with E-state index in [2.05, 4.69) is 16.8 Å². The van der Waals surface area contributed by atoms with E-state index in [4.69, 9.17) is 10.5 Å². The maximum absolute atomic E-state index is 11.8. The largest absolute Gasteiger partial charge is 0.394 e. The smallest absolute Gasteiger partial charge is 0.330 e. The predicted octanol–water partition coefficient (Wildman–Crippen LogP) is -2.49. The zero-order valence-corrected chi connectivity index (χ0v) is 10.7. The Kier molecular flexibility index (Phi) is 3.78. The van der Waals surface area contributed by atoms with Crippen molar-refractivity contribution >= 4 is 0 Å². The first-order valence-electron chi connectivity index (χ1n) is 5.92. The molecule has 4 atom stereocenters. The minimum Gasteiger partial charge on any atom is -0.394 e. The second kappa shape index (κ2) is 5.22. The molecule has 2 rings (SSSR count). The Balaban J connectivity index is 2.55. The lowest BCUT2D eigenvalue weighted by atomic mass is 9.91. The first-order valence-corrected chi connectivity index (χ1v) is 5.92. The Hall–Kier alpha value is -1.92. The van der Waals surface area contributed by atoms with Gasteiger partial charge in [0.15, 0.2) is 11.8 Å². The van der Waals surface area contributed by atoms with Crippen LogP contribution >= 0.6 is 0 Å². The zero-order chi connectivity index (χ0) is 14.9. The van der Waals surface area contributed by atoms with Crippen molar-refractivity contribution in [3.63, 3.8) is 0 Å². The number of H-pyrrole nitrogens is 1. The van der Waals surface area contributed by atoms with Crippen LogP contribution in [0.25, 0.3) is 0 Å². The molecule has 1 aromatic rings. The minimum atomic E-state index is -1.57. The van der Waals surface area contributed by atoms with Crippen molar-refractivity contribution in [3.8, 4) is 11.8 Å². The van der Waals surface area contributed by atoms with Crippen LogP contribution in [-0.2, 0) is 4.74 Å². The summed E-state index contributed by atoms with van der Waals surface area (Å²) < 4.78 is 6.44. The highest BCUT2D eigenvalue weighted by molar-refractivity contribution is 5.25. The molecule has 8 nitrogen and oxygen atoms in total. The molecule has 0 aromatic carbocycles. The molecule has 2 heterocycles. The quantitative estimate of drug-likeness (QED) is 0.444. The maximum atomic E-state index is 11.8. The molecule has 1 aromatic heterocycles. The van der Waals surface area contributed by atoms with Gasteiger partial charge < -0.3 is 20.7 Å². The van der Waals surface area contributed by atoms with Gasteiger partial charge in [0.2, 0.25) is 0 Å². The van der Waals surface area contributed by atoms with Crippen LogP contribution in [0.4, 0.5) is 0 Å². The van der Waals surface area contributed by atoms with Crippen LogP contribution in [-0.4, -0.2) is 44.1 Å². The molecule has 0 amide bonds. The third-order valence-electron chi connectivity index (χ3n) is 3.18. The molecule has 1 aliphatic rings. The average Bonchev–Trinajstić information content (AvgIpc) is 2.63. The van der Waals surface area contributed by atoms with Crippen LogP contribution in [0, 0.1) is 11.8 Å². The summed E-state index contributed by atoms with van der Waals surface area (Å²) in [6.45, 7) is 1.06. The van der Waals surface area contributed by atoms with Crippen molar-refractivity contribution in [2.24, 2.45) is 5.73 Å². The molecule has 2 unspecified atom stereocenters. The Morgan fingerprint density at radius 3 is 2.85 bits per heavy atom. The summed E-state index contributed by atoms with van der Waals surface area (Å²) in [4.78, 5) is 24.9. The van der Waals surface area contributed by atoms with Gasteiger partial charge in [0.05, 0.1) is 6.61 Å². The van der Waals surface area contributed by atoms with E-state index < -0.39 is 41.8 Å². The van der Waals surface area contributed by atoms with E-state index in [0.29, 0.717) is 0 Å². The molecule has 0 saturated carbocycles. The molecular formula is C12H15N3O5. The summed E-state index contributed by atoms with van der Waals surface area (Å²) in [6, 6.07) is 1.13. The van der Waals surface area contributed by atoms with Gasteiger partial charge in [-0.25, -0.2) is 4.79 Å². The lowest BCUT2D eigenvalue weighted by Gasteiger charge is -2.27. The molecule has 5 N–H and O–H groups in total. The Morgan fingerprint density at radius 2 is 2.30 bits per heavy atom. The monoisotopic (exact) mass is 281 g/mol. The van der Waals surface area contributed by atoms with Crippen LogP contribution in [0.3, 0.4) is 0 Å². The fraction of sp³-hybridized carbons (Fsp3) is 0.500. The van der Waals surface area contributed by atoms with Gasteiger partial charge in [0.25, 0.3) is 5.56 Å². The second-order valence-electron chi connectivity index (χ2n) is 4.48. The summed E-state index contributed by atoms with van der Waals surface area (Å²) in [5.74, 6) is 5.19. The number of rotatable bonds is 2. The molecule has 0 aliphatic carbocycles. The van der Waals surface area contributed by atoms with Crippen molar-refractivity contribution in [2.45, 2.75) is 30.9 Å². The van der Waals surface area contributed by atoms with Crippen LogP contribution < -0.4 is 17.0 Å². The SMILES string of the molecule is CC#CC1(N)C(O)[C@@H](CO)O[C@H]1n1ccc(=O)[nH]c1=O. The number of aromatic amines is 1. The summed E-state index contributed by atoms with van der Waals surface area (Å²) in [7, 11) is 0. The normalized spacial score (nSPS) is 32.7. The summed E-state index contributed by atoms with van der Waals surface area (Å²) in [5, 5.41) is 19.3. The number of hydrogen-bond acceptors (Lipinski definition) is 6. The standard InChI is InChI=1S/C12H15N3O5/c1-2-4-12(13)9(18)7(6-16)20-10(12)15-5-3-8(17)14-11(15)19/h3,5,7,9-10,16,18H,6,13H2,1H3,(H,14,17,19)/t7-,9?,10-,12?/m1/s1. The van der Waals surface area contributed by atoms with E-state index in [1.54, 1.807) is 0 Å². The van der Waals surface area contributed by atoms with Gasteiger partial charge in [-0.15, -0.1) is 5.92 Å². The number of nitrogens with one attached hydrogen (secondary N) is 1. The van der Waals surface area contributed by atoms with Crippen molar-refractivity contribution in [1.82, 2.24) is 9.55 Å². The Morgan fingerprint density at radius 1 is 1.60 bits per heavy atom. The van der Waals surface area contributed by atoms with Gasteiger partial charge in [-0.3, -0.25) is 14.3 Å². The first kappa shape index (κ1) is 14.5. The summed E-state index contributed by atoms with van der Waals surface area (Å²) >= 11 is 0. The van der Waals surface area contributed by atoms with Gasteiger partial charge in [0.1, 0.15) is 12.2 Å². The number of hydrogen-bond donors (Lipinski definition) is 4. The molecular weight excluding hydrogens is 266 g/mol. The highest BCUT2D eigenvalue weighted by Gasteiger charge is 2.54. The number of aliphatic hydroxyl groups excluding tert-OH is 2. The lowest BCUT2D eigenvalue weighted by Crippen LogP contribution is -2.55. The topological polar surface area (TPSA) is 131 Å². The van der Waals surface area contributed by atoms with E-state index >= 15 is 0 Å². The van der Waals surface area contributed by atoms with Crippen LogP contribution in [0.5, 0.6) is 0 Å². The second-order valence-corrected chi connectivity index (χ2v) is 4.48. The molecule has 1 fully saturated rings. The van der Waals surface area contributed by atoms with E-state index in [9.17, 15) is 19.8 Å². The summed E-state index contributed by atoms with van der Waals surface area (Å²) in [5.41, 5.74) is 3.19. The van der Waals surface area contributed by atoms with Gasteiger partial charge in [-0.2, -0.15) is 0 Å². The number of aromatic nitrogens is 2. The van der Waals surface area contributed by atoms with Crippen molar-refractivity contribution in [3.05, 3.63) is 33.1 Å². The van der Waals surface area contributed by atoms with Crippen molar-refractivity contribution in [2.75, 3.05) is 6.61 Å². The predicted molar refractivity (Wildman–Crippen MR) is 68.7 cm³/mol. The third-order valence-corrected chi connectivity index (χ3v) is 3.18. The van der Waals surface area contributed by atoms with Crippen LogP contribution in [0.2, 0.25) is 0 Å². The molecule has 0 spiro atoms. The maximum Gasteiger partial charge on any atom is 0.330 e. The van der Waals surface area contributed by atoms with Crippen LogP contribution in [0.1, 0.15) is 13.2 Å². The van der Waals surface area contributed by atoms with Gasteiger partial charge in [-0.1, -0.05) is 5.92 Å². The molecule has 8 heteroatoms.